The molecule has 7 atom stereocenters. The number of aliphatic hydroxyl groups excluding tert-OH is 2. The molecule has 1 aromatic heterocycles. The lowest BCUT2D eigenvalue weighted by molar-refractivity contribution is -0.154. The lowest BCUT2D eigenvalue weighted by Crippen LogP contribution is -2.45. The van der Waals surface area contributed by atoms with Gasteiger partial charge in [0.1, 0.15) is 23.8 Å². The fourth-order valence-electron chi connectivity index (χ4n) is 4.78. The highest BCUT2D eigenvalue weighted by molar-refractivity contribution is 5.88. The van der Waals surface area contributed by atoms with Gasteiger partial charge >= 0.3 is 5.97 Å². The summed E-state index contributed by atoms with van der Waals surface area (Å²) in [6, 6.07) is 0. The van der Waals surface area contributed by atoms with Crippen molar-refractivity contribution in [1.29, 1.82) is 0 Å². The van der Waals surface area contributed by atoms with E-state index in [1.807, 2.05) is 19.9 Å². The van der Waals surface area contributed by atoms with Gasteiger partial charge in [0, 0.05) is 19.3 Å². The molecule has 3 heterocycles. The Bertz CT molecular complexity index is 905. The number of carbonyl (C=O) groups is 2. The van der Waals surface area contributed by atoms with Crippen molar-refractivity contribution < 1.29 is 33.7 Å². The van der Waals surface area contributed by atoms with Crippen molar-refractivity contribution in [1.82, 2.24) is 4.98 Å². The van der Waals surface area contributed by atoms with Gasteiger partial charge in [0.05, 0.1) is 36.3 Å². The van der Waals surface area contributed by atoms with E-state index < -0.39 is 35.6 Å². The number of carbonyl (C=O) groups excluding carboxylic acids is 2. The first-order valence-electron chi connectivity index (χ1n) is 12.3. The first-order chi connectivity index (χ1) is 15.9. The van der Waals surface area contributed by atoms with Gasteiger partial charge in [-0.1, -0.05) is 34.1 Å². The molecule has 2 aliphatic rings. The molecule has 8 nitrogen and oxygen atoms in total. The summed E-state index contributed by atoms with van der Waals surface area (Å²) in [4.78, 5) is 30.3. The van der Waals surface area contributed by atoms with Gasteiger partial charge < -0.3 is 24.1 Å². The Balaban J connectivity index is 1.81. The van der Waals surface area contributed by atoms with Crippen LogP contribution >= 0.6 is 0 Å². The number of ether oxygens (including phenoxy) is 2. The summed E-state index contributed by atoms with van der Waals surface area (Å²) in [5, 5.41) is 21.6. The number of esters is 1. The summed E-state index contributed by atoms with van der Waals surface area (Å²) in [6.45, 7) is 10.5. The Morgan fingerprint density at radius 3 is 2.53 bits per heavy atom. The maximum atomic E-state index is 13.2. The minimum absolute atomic E-state index is 0.0183. The fraction of sp³-hybridized carbons (Fsp3) is 0.731. The third-order valence-electron chi connectivity index (χ3n) is 7.41. The van der Waals surface area contributed by atoms with Gasteiger partial charge in [-0.15, -0.1) is 0 Å². The lowest BCUT2D eigenvalue weighted by atomic mass is 9.73. The molecule has 0 saturated carbocycles. The van der Waals surface area contributed by atoms with E-state index >= 15 is 0 Å². The van der Waals surface area contributed by atoms with Crippen molar-refractivity contribution in [2.45, 2.75) is 104 Å². The molecule has 0 aliphatic carbocycles. The van der Waals surface area contributed by atoms with Crippen molar-refractivity contribution in [2.75, 3.05) is 0 Å². The van der Waals surface area contributed by atoms with E-state index in [1.54, 1.807) is 34.0 Å². The molecule has 3 rings (SSSR count). The number of aryl methyl sites for hydroxylation is 1. The van der Waals surface area contributed by atoms with Crippen molar-refractivity contribution in [3.63, 3.8) is 0 Å². The number of hydrogen-bond donors (Lipinski definition) is 2. The van der Waals surface area contributed by atoms with Crippen LogP contribution < -0.4 is 0 Å². The molecule has 2 N–H and O–H groups in total. The van der Waals surface area contributed by atoms with E-state index in [0.717, 1.165) is 24.8 Å². The highest BCUT2D eigenvalue weighted by Gasteiger charge is 2.44. The number of aliphatic hydroxyl groups is 2. The van der Waals surface area contributed by atoms with Crippen LogP contribution in [0.1, 0.15) is 78.3 Å². The smallest absolute Gasteiger partial charge is 0.309 e. The first-order valence-corrected chi connectivity index (χ1v) is 12.3. The summed E-state index contributed by atoms with van der Waals surface area (Å²) in [6.07, 6.45) is 3.51. The number of nitrogens with zero attached hydrogens (tertiary/aromatic N) is 1. The van der Waals surface area contributed by atoms with E-state index in [4.69, 9.17) is 13.9 Å². The maximum Gasteiger partial charge on any atom is 0.309 e. The van der Waals surface area contributed by atoms with Crippen molar-refractivity contribution >= 4 is 17.8 Å². The van der Waals surface area contributed by atoms with E-state index in [0.29, 0.717) is 18.0 Å². The van der Waals surface area contributed by atoms with Gasteiger partial charge in [-0.25, -0.2) is 4.98 Å². The molecule has 0 aromatic carbocycles. The highest BCUT2D eigenvalue weighted by Crippen LogP contribution is 2.36. The van der Waals surface area contributed by atoms with Crippen LogP contribution in [0.15, 0.2) is 16.3 Å². The molecular weight excluding hydrogens is 438 g/mol. The van der Waals surface area contributed by atoms with Crippen LogP contribution in [-0.2, 0) is 19.1 Å². The zero-order valence-corrected chi connectivity index (χ0v) is 21.1. The zero-order valence-electron chi connectivity index (χ0n) is 21.1. The SMILES string of the molecule is C/C(=C\c1coc(C)n1)[C@@H]1C[C@@H]2O[C@@H]2CCC[C@H](C)[C@@H](O)[C@@H](C)C(=O)C(C)(C)[C@@H](O)CC(=O)O1. The number of cyclic esters (lactones) is 1. The van der Waals surface area contributed by atoms with Gasteiger partial charge in [0.2, 0.25) is 0 Å². The normalized spacial score (nSPS) is 36.0. The predicted molar refractivity (Wildman–Crippen MR) is 126 cm³/mol. The third kappa shape index (κ3) is 6.34. The second-order valence-corrected chi connectivity index (χ2v) is 10.6. The standard InChI is InChI=1S/C26H39NO7/c1-14-8-7-9-19-21(33-19)11-20(15(2)10-18-13-32-17(4)27-18)34-23(29)12-22(28)26(5,6)25(31)16(3)24(14)30/h10,13-14,16,19-22,24,28,30H,7-9,11-12H2,1-6H3/b15-10+/t14-,16+,19+,20-,21-,22-,24+/m0/s1. The first kappa shape index (κ1) is 26.6. The van der Waals surface area contributed by atoms with Crippen LogP contribution in [0.3, 0.4) is 0 Å². The van der Waals surface area contributed by atoms with Crippen molar-refractivity contribution in [3.8, 4) is 0 Å². The van der Waals surface area contributed by atoms with Gasteiger partial charge in [0.25, 0.3) is 0 Å². The van der Waals surface area contributed by atoms with Crippen molar-refractivity contribution in [3.05, 3.63) is 23.4 Å². The van der Waals surface area contributed by atoms with E-state index in [-0.39, 0.29) is 30.3 Å². The Hall–Kier alpha value is -2.03. The van der Waals surface area contributed by atoms with E-state index in [9.17, 15) is 19.8 Å². The average molecular weight is 478 g/mol. The molecule has 0 amide bonds. The molecule has 1 aromatic rings. The minimum Gasteiger partial charge on any atom is -0.458 e. The number of rotatable bonds is 2. The fourth-order valence-corrected chi connectivity index (χ4v) is 4.78. The third-order valence-corrected chi connectivity index (χ3v) is 7.41. The average Bonchev–Trinajstić information content (AvgIpc) is 3.38. The predicted octanol–water partition coefficient (Wildman–Crippen LogP) is 3.62. The monoisotopic (exact) mass is 477 g/mol. The van der Waals surface area contributed by atoms with E-state index in [1.165, 1.54) is 0 Å². The lowest BCUT2D eigenvalue weighted by Gasteiger charge is -2.34. The van der Waals surface area contributed by atoms with Gasteiger partial charge in [0.15, 0.2) is 5.89 Å². The zero-order chi connectivity index (χ0) is 25.2. The number of oxazole rings is 1. The topological polar surface area (TPSA) is 122 Å². The Morgan fingerprint density at radius 2 is 1.88 bits per heavy atom. The highest BCUT2D eigenvalue weighted by atomic mass is 16.6. The van der Waals surface area contributed by atoms with Crippen LogP contribution in [0.25, 0.3) is 6.08 Å². The number of aromatic nitrogens is 1. The molecule has 2 fully saturated rings. The molecule has 2 saturated heterocycles. The summed E-state index contributed by atoms with van der Waals surface area (Å²) in [7, 11) is 0. The number of epoxide rings is 1. The maximum absolute atomic E-state index is 13.2. The van der Waals surface area contributed by atoms with E-state index in [2.05, 4.69) is 4.98 Å². The molecule has 0 unspecified atom stereocenters. The van der Waals surface area contributed by atoms with Crippen LogP contribution in [0.4, 0.5) is 0 Å². The number of hydrogen-bond acceptors (Lipinski definition) is 8. The van der Waals surface area contributed by atoms with Gasteiger partial charge in [-0.2, -0.15) is 0 Å². The second kappa shape index (κ2) is 10.7. The molecule has 2 aliphatic heterocycles. The number of fused-ring (bicyclic) bond motifs is 1. The Labute approximate surface area is 201 Å². The molecule has 0 spiro atoms. The quantitative estimate of drug-likeness (QED) is 0.489. The molecular formula is C26H39NO7. The van der Waals surface area contributed by atoms with Gasteiger partial charge in [-0.3, -0.25) is 9.59 Å². The van der Waals surface area contributed by atoms with Crippen LogP contribution in [0.5, 0.6) is 0 Å². The minimum atomic E-state index is -1.24. The summed E-state index contributed by atoms with van der Waals surface area (Å²) in [5.74, 6) is -1.03. The number of ketones is 1. The molecule has 8 heteroatoms. The summed E-state index contributed by atoms with van der Waals surface area (Å²) >= 11 is 0. The summed E-state index contributed by atoms with van der Waals surface area (Å²) < 4.78 is 16.9. The molecule has 190 valence electrons. The summed E-state index contributed by atoms with van der Waals surface area (Å²) in [5.41, 5.74) is 0.228. The van der Waals surface area contributed by atoms with Crippen LogP contribution in [0, 0.1) is 24.2 Å². The van der Waals surface area contributed by atoms with Crippen LogP contribution in [-0.4, -0.2) is 57.5 Å². The largest absolute Gasteiger partial charge is 0.458 e. The van der Waals surface area contributed by atoms with Gasteiger partial charge in [-0.05, 0) is 37.3 Å². The molecule has 0 bridgehead atoms. The van der Waals surface area contributed by atoms with Crippen LogP contribution in [0.2, 0.25) is 0 Å². The van der Waals surface area contributed by atoms with Crippen molar-refractivity contribution in [2.24, 2.45) is 17.3 Å². The molecule has 34 heavy (non-hydrogen) atoms. The Morgan fingerprint density at radius 1 is 1.18 bits per heavy atom. The molecule has 0 radical (unpaired) electrons. The number of Topliss-reactive ketones (excluding diaryl/α,β-unsaturated/α-hetero) is 1. The Kier molecular flexibility index (Phi) is 8.37. The second-order valence-electron chi connectivity index (χ2n) is 10.6.